The Morgan fingerprint density at radius 1 is 0.708 bits per heavy atom. The van der Waals surface area contributed by atoms with Gasteiger partial charge in [-0.25, -0.2) is 19.9 Å². The standard InChI is InChI=1S/C17H12ClN3O2S.C17H10ClN3O2S/c2*1-9(22)12-6-7-19-16-13(12)14-15(24-16)17(23)21(8-20-14)11-4-2-10(18)3-5-11/h2-9,22H,1H3;2-8H,1H3. The number of carbonyl (C=O) groups excluding carboxylic acids is 1. The van der Waals surface area contributed by atoms with Gasteiger partial charge in [-0.05, 0) is 80.1 Å². The van der Waals surface area contributed by atoms with Gasteiger partial charge in [0.1, 0.15) is 31.7 Å². The van der Waals surface area contributed by atoms with Crippen LogP contribution in [0.1, 0.15) is 35.9 Å². The number of halogens is 2. The van der Waals surface area contributed by atoms with Gasteiger partial charge in [0.2, 0.25) is 0 Å². The number of rotatable bonds is 4. The van der Waals surface area contributed by atoms with E-state index in [0.717, 1.165) is 10.9 Å². The molecule has 8 aromatic rings. The molecule has 0 saturated carbocycles. The highest BCUT2D eigenvalue weighted by molar-refractivity contribution is 7.25. The lowest BCUT2D eigenvalue weighted by Crippen LogP contribution is -2.17. The number of ketones is 1. The van der Waals surface area contributed by atoms with Crippen LogP contribution < -0.4 is 11.1 Å². The van der Waals surface area contributed by atoms with Crippen LogP contribution in [-0.2, 0) is 0 Å². The molecule has 0 fully saturated rings. The highest BCUT2D eigenvalue weighted by Gasteiger charge is 2.19. The number of thiophene rings is 2. The number of aliphatic hydroxyl groups is 1. The maximum absolute atomic E-state index is 12.9. The summed E-state index contributed by atoms with van der Waals surface area (Å²) in [6, 6.07) is 17.3. The number of Topliss-reactive ketones (excluding diaryl/α,β-unsaturated/α-hetero) is 1. The smallest absolute Gasteiger partial charge is 0.275 e. The summed E-state index contributed by atoms with van der Waals surface area (Å²) in [5.74, 6) is -0.0780. The number of pyridine rings is 2. The second-order valence-corrected chi connectivity index (χ2v) is 13.6. The zero-order valence-corrected chi connectivity index (χ0v) is 28.2. The van der Waals surface area contributed by atoms with Gasteiger partial charge in [0.25, 0.3) is 11.1 Å². The second kappa shape index (κ2) is 12.6. The third-order valence-corrected chi connectivity index (χ3v) is 10.3. The van der Waals surface area contributed by atoms with E-state index in [4.69, 9.17) is 23.2 Å². The fourth-order valence-electron chi connectivity index (χ4n) is 5.34. The third-order valence-electron chi connectivity index (χ3n) is 7.64. The number of aromatic nitrogens is 6. The van der Waals surface area contributed by atoms with E-state index in [0.29, 0.717) is 62.5 Å². The first-order chi connectivity index (χ1) is 23.1. The summed E-state index contributed by atoms with van der Waals surface area (Å²) in [7, 11) is 0. The Labute approximate surface area is 289 Å². The maximum atomic E-state index is 12.9. The van der Waals surface area contributed by atoms with Gasteiger partial charge in [0, 0.05) is 38.8 Å². The molecule has 0 aliphatic rings. The number of hydrogen-bond donors (Lipinski definition) is 1. The van der Waals surface area contributed by atoms with Crippen molar-refractivity contribution in [3.8, 4) is 11.4 Å². The number of carbonyl (C=O) groups is 1. The Bertz CT molecular complexity index is 2650. The molecule has 8 rings (SSSR count). The first-order valence-electron chi connectivity index (χ1n) is 14.4. The van der Waals surface area contributed by atoms with Crippen LogP contribution in [0.15, 0.2) is 95.3 Å². The molecule has 1 unspecified atom stereocenters. The lowest BCUT2D eigenvalue weighted by Gasteiger charge is -2.07. The van der Waals surface area contributed by atoms with Gasteiger partial charge >= 0.3 is 0 Å². The van der Waals surface area contributed by atoms with Crippen molar-refractivity contribution in [3.63, 3.8) is 0 Å². The summed E-state index contributed by atoms with van der Waals surface area (Å²) in [5, 5.41) is 12.6. The minimum Gasteiger partial charge on any atom is -0.389 e. The van der Waals surface area contributed by atoms with Crippen LogP contribution in [-0.4, -0.2) is 40.0 Å². The Balaban J connectivity index is 0.000000152. The lowest BCUT2D eigenvalue weighted by atomic mass is 10.1. The Morgan fingerprint density at radius 3 is 1.65 bits per heavy atom. The molecule has 0 bridgehead atoms. The van der Waals surface area contributed by atoms with Crippen molar-refractivity contribution in [1.82, 2.24) is 29.1 Å². The van der Waals surface area contributed by atoms with E-state index in [2.05, 4.69) is 19.9 Å². The zero-order chi connectivity index (χ0) is 33.7. The molecule has 6 heterocycles. The van der Waals surface area contributed by atoms with Gasteiger partial charge < -0.3 is 5.11 Å². The molecule has 14 heteroatoms. The van der Waals surface area contributed by atoms with Crippen LogP contribution in [0.5, 0.6) is 0 Å². The number of benzene rings is 2. The highest BCUT2D eigenvalue weighted by Crippen LogP contribution is 2.34. The van der Waals surface area contributed by atoms with Crippen LogP contribution >= 0.6 is 45.9 Å². The van der Waals surface area contributed by atoms with Gasteiger partial charge in [-0.1, -0.05) is 23.2 Å². The summed E-state index contributed by atoms with van der Waals surface area (Å²) < 4.78 is 3.93. The van der Waals surface area contributed by atoms with E-state index in [9.17, 15) is 19.5 Å². The number of fused-ring (bicyclic) bond motifs is 6. The van der Waals surface area contributed by atoms with Crippen molar-refractivity contribution in [1.29, 1.82) is 0 Å². The molecule has 0 aliphatic heterocycles. The monoisotopic (exact) mass is 712 g/mol. The van der Waals surface area contributed by atoms with Crippen LogP contribution in [0.2, 0.25) is 10.0 Å². The molecular weight excluding hydrogens is 691 g/mol. The number of nitrogens with zero attached hydrogens (tertiary/aromatic N) is 6. The first-order valence-corrected chi connectivity index (χ1v) is 16.8. The van der Waals surface area contributed by atoms with E-state index in [-0.39, 0.29) is 16.9 Å². The van der Waals surface area contributed by atoms with Crippen molar-refractivity contribution in [3.05, 3.63) is 128 Å². The van der Waals surface area contributed by atoms with Crippen molar-refractivity contribution < 1.29 is 9.90 Å². The van der Waals surface area contributed by atoms with Crippen molar-refractivity contribution in [2.75, 3.05) is 0 Å². The number of aliphatic hydroxyl groups excluding tert-OH is 1. The number of hydrogen-bond acceptors (Lipinski definition) is 10. The van der Waals surface area contributed by atoms with Crippen LogP contribution in [0.4, 0.5) is 0 Å². The molecule has 10 nitrogen and oxygen atoms in total. The van der Waals surface area contributed by atoms with E-state index in [1.54, 1.807) is 80.0 Å². The summed E-state index contributed by atoms with van der Waals surface area (Å²) in [4.78, 5) is 56.4. The average molecular weight is 714 g/mol. The maximum Gasteiger partial charge on any atom is 0.275 e. The molecule has 1 atom stereocenters. The van der Waals surface area contributed by atoms with Gasteiger partial charge in [0.15, 0.2) is 5.78 Å². The molecule has 0 spiro atoms. The van der Waals surface area contributed by atoms with Crippen LogP contribution in [0, 0.1) is 0 Å². The van der Waals surface area contributed by atoms with Crippen LogP contribution in [0.25, 0.3) is 52.2 Å². The second-order valence-electron chi connectivity index (χ2n) is 10.7. The molecule has 0 amide bonds. The minimum atomic E-state index is -0.659. The Kier molecular flexibility index (Phi) is 8.36. The molecule has 48 heavy (non-hydrogen) atoms. The van der Waals surface area contributed by atoms with Crippen molar-refractivity contribution in [2.24, 2.45) is 0 Å². The summed E-state index contributed by atoms with van der Waals surface area (Å²) in [6.07, 6.45) is 5.52. The fraction of sp³-hybridized carbons (Fsp3) is 0.0882. The van der Waals surface area contributed by atoms with E-state index < -0.39 is 6.10 Å². The van der Waals surface area contributed by atoms with Crippen molar-refractivity contribution >= 4 is 92.5 Å². The first kappa shape index (κ1) is 31.7. The van der Waals surface area contributed by atoms with E-state index in [1.165, 1.54) is 51.4 Å². The van der Waals surface area contributed by atoms with E-state index in [1.807, 2.05) is 0 Å². The Morgan fingerprint density at radius 2 is 1.17 bits per heavy atom. The van der Waals surface area contributed by atoms with Crippen LogP contribution in [0.3, 0.4) is 0 Å². The van der Waals surface area contributed by atoms with Gasteiger partial charge in [0.05, 0.1) is 28.5 Å². The minimum absolute atomic E-state index is 0.0780. The fourth-order valence-corrected chi connectivity index (χ4v) is 7.71. The SMILES string of the molecule is CC(=O)c1ccnc2sc3c(=O)n(-c4ccc(Cl)cc4)cnc3c12.CC(O)c1ccnc2sc3c(=O)n(-c4ccc(Cl)cc4)cnc3c12. The topological polar surface area (TPSA) is 133 Å². The average Bonchev–Trinajstić information content (AvgIpc) is 3.66. The van der Waals surface area contributed by atoms with Gasteiger partial charge in [-0.15, -0.1) is 22.7 Å². The highest BCUT2D eigenvalue weighted by atomic mass is 35.5. The van der Waals surface area contributed by atoms with E-state index >= 15 is 0 Å². The van der Waals surface area contributed by atoms with Gasteiger partial charge in [-0.2, -0.15) is 0 Å². The van der Waals surface area contributed by atoms with Gasteiger partial charge in [-0.3, -0.25) is 23.5 Å². The molecule has 238 valence electrons. The molecule has 6 aromatic heterocycles. The molecule has 2 aromatic carbocycles. The lowest BCUT2D eigenvalue weighted by molar-refractivity contribution is 0.101. The normalized spacial score (nSPS) is 12.0. The predicted octanol–water partition coefficient (Wildman–Crippen LogP) is 7.55. The molecule has 0 saturated heterocycles. The molecule has 0 aliphatic carbocycles. The molecule has 0 radical (unpaired) electrons. The Hall–Kier alpha value is -4.85. The quantitative estimate of drug-likeness (QED) is 0.185. The molecular formula is C34H22Cl2N6O4S2. The third kappa shape index (κ3) is 5.57. The van der Waals surface area contributed by atoms with Crippen molar-refractivity contribution in [2.45, 2.75) is 20.0 Å². The predicted molar refractivity (Wildman–Crippen MR) is 192 cm³/mol. The summed E-state index contributed by atoms with van der Waals surface area (Å²) in [5.41, 5.74) is 3.36. The summed E-state index contributed by atoms with van der Waals surface area (Å²) in [6.45, 7) is 3.18. The molecule has 1 N–H and O–H groups in total. The zero-order valence-electron chi connectivity index (χ0n) is 25.1. The largest absolute Gasteiger partial charge is 0.389 e. The summed E-state index contributed by atoms with van der Waals surface area (Å²) >= 11 is 14.3.